The molecule has 1 fully saturated rings. The minimum absolute atomic E-state index is 0.0811. The van der Waals surface area contributed by atoms with E-state index in [1.165, 1.54) is 18.4 Å². The molecule has 1 aromatic heterocycles. The van der Waals surface area contributed by atoms with Crippen molar-refractivity contribution in [2.75, 3.05) is 13.2 Å². The van der Waals surface area contributed by atoms with Crippen molar-refractivity contribution in [3.63, 3.8) is 0 Å². The molecule has 2 heterocycles. The number of carbonyl (C=O) groups excluding carboxylic acids is 1. The van der Waals surface area contributed by atoms with Gasteiger partial charge < -0.3 is 9.64 Å². The highest BCUT2D eigenvalue weighted by molar-refractivity contribution is 5.94. The smallest absolute Gasteiger partial charge is 0.254 e. The molecule has 0 saturated heterocycles. The average molecular weight is 368 g/mol. The van der Waals surface area contributed by atoms with Crippen molar-refractivity contribution in [3.8, 4) is 0 Å². The lowest BCUT2D eigenvalue weighted by atomic mass is 10.1. The Morgan fingerprint density at radius 3 is 2.78 bits per heavy atom. The number of aromatic nitrogens is 3. The number of amides is 1. The SMILES string of the molecule is CCCc1ccc(C(=O)N2CCCn3nnc(COCC4CC4)c3C2)cc1. The molecule has 4 rings (SSSR count). The molecule has 0 unspecified atom stereocenters. The summed E-state index contributed by atoms with van der Waals surface area (Å²) in [6.07, 6.45) is 5.60. The Kier molecular flexibility index (Phi) is 5.53. The van der Waals surface area contributed by atoms with Crippen molar-refractivity contribution < 1.29 is 9.53 Å². The van der Waals surface area contributed by atoms with Crippen molar-refractivity contribution in [1.82, 2.24) is 19.9 Å². The number of ether oxygens (including phenoxy) is 1. The van der Waals surface area contributed by atoms with Gasteiger partial charge in [0.2, 0.25) is 0 Å². The van der Waals surface area contributed by atoms with Gasteiger partial charge in [0.25, 0.3) is 5.91 Å². The molecule has 1 saturated carbocycles. The topological polar surface area (TPSA) is 60.2 Å². The van der Waals surface area contributed by atoms with Crippen LogP contribution in [0.15, 0.2) is 24.3 Å². The van der Waals surface area contributed by atoms with E-state index < -0.39 is 0 Å². The van der Waals surface area contributed by atoms with Gasteiger partial charge in [0, 0.05) is 25.3 Å². The predicted molar refractivity (Wildman–Crippen MR) is 102 cm³/mol. The predicted octanol–water partition coefficient (Wildman–Crippen LogP) is 3.20. The lowest BCUT2D eigenvalue weighted by Crippen LogP contribution is -2.31. The summed E-state index contributed by atoms with van der Waals surface area (Å²) < 4.78 is 7.74. The minimum Gasteiger partial charge on any atom is -0.375 e. The van der Waals surface area contributed by atoms with E-state index in [1.54, 1.807) is 0 Å². The number of carbonyl (C=O) groups is 1. The Morgan fingerprint density at radius 1 is 1.22 bits per heavy atom. The van der Waals surface area contributed by atoms with Gasteiger partial charge in [-0.1, -0.05) is 30.7 Å². The summed E-state index contributed by atoms with van der Waals surface area (Å²) in [4.78, 5) is 14.9. The largest absolute Gasteiger partial charge is 0.375 e. The molecule has 1 aliphatic carbocycles. The van der Waals surface area contributed by atoms with Crippen LogP contribution in [0.2, 0.25) is 0 Å². The summed E-state index contributed by atoms with van der Waals surface area (Å²) in [7, 11) is 0. The standard InChI is InChI=1S/C21H28N4O2/c1-2-4-16-7-9-18(10-8-16)21(26)24-11-3-12-25-20(13-24)19(22-23-25)15-27-14-17-5-6-17/h7-10,17H,2-6,11-15H2,1H3. The summed E-state index contributed by atoms with van der Waals surface area (Å²) in [6, 6.07) is 8.04. The first-order valence-electron chi connectivity index (χ1n) is 10.1. The van der Waals surface area contributed by atoms with Crippen LogP contribution >= 0.6 is 0 Å². The fourth-order valence-corrected chi connectivity index (χ4v) is 3.57. The van der Waals surface area contributed by atoms with Crippen molar-refractivity contribution in [2.24, 2.45) is 5.92 Å². The monoisotopic (exact) mass is 368 g/mol. The molecule has 0 radical (unpaired) electrons. The first kappa shape index (κ1) is 18.2. The maximum atomic E-state index is 13.0. The summed E-state index contributed by atoms with van der Waals surface area (Å²) in [6.45, 7) is 5.54. The quantitative estimate of drug-likeness (QED) is 0.753. The second kappa shape index (κ2) is 8.21. The summed E-state index contributed by atoms with van der Waals surface area (Å²) in [5, 5.41) is 8.58. The van der Waals surface area contributed by atoms with Crippen LogP contribution in [0.3, 0.4) is 0 Å². The number of hydrogen-bond donors (Lipinski definition) is 0. The molecule has 2 aromatic rings. The number of hydrogen-bond acceptors (Lipinski definition) is 4. The molecular weight excluding hydrogens is 340 g/mol. The van der Waals surface area contributed by atoms with Gasteiger partial charge in [-0.25, -0.2) is 4.68 Å². The van der Waals surface area contributed by atoms with Crippen LogP contribution in [0.4, 0.5) is 0 Å². The van der Waals surface area contributed by atoms with Gasteiger partial charge in [0.15, 0.2) is 0 Å². The molecule has 6 nitrogen and oxygen atoms in total. The van der Waals surface area contributed by atoms with Crippen LogP contribution in [-0.2, 0) is 30.9 Å². The van der Waals surface area contributed by atoms with E-state index in [2.05, 4.69) is 29.4 Å². The van der Waals surface area contributed by atoms with Crippen molar-refractivity contribution in [1.29, 1.82) is 0 Å². The zero-order valence-electron chi connectivity index (χ0n) is 16.1. The van der Waals surface area contributed by atoms with Gasteiger partial charge in [-0.2, -0.15) is 0 Å². The second-order valence-electron chi connectivity index (χ2n) is 7.69. The van der Waals surface area contributed by atoms with Crippen LogP contribution in [0, 0.1) is 5.92 Å². The van der Waals surface area contributed by atoms with E-state index >= 15 is 0 Å². The van der Waals surface area contributed by atoms with E-state index in [-0.39, 0.29) is 5.91 Å². The first-order valence-corrected chi connectivity index (χ1v) is 10.1. The maximum Gasteiger partial charge on any atom is 0.254 e. The molecule has 1 amide bonds. The zero-order valence-corrected chi connectivity index (χ0v) is 16.1. The maximum absolute atomic E-state index is 13.0. The minimum atomic E-state index is 0.0811. The Labute approximate surface area is 160 Å². The molecule has 6 heteroatoms. The number of nitrogens with zero attached hydrogens (tertiary/aromatic N) is 4. The van der Waals surface area contributed by atoms with E-state index in [1.807, 2.05) is 21.7 Å². The van der Waals surface area contributed by atoms with E-state index in [4.69, 9.17) is 4.74 Å². The zero-order chi connectivity index (χ0) is 18.6. The molecule has 2 aliphatic rings. The molecule has 144 valence electrons. The van der Waals surface area contributed by atoms with Crippen LogP contribution in [-0.4, -0.2) is 39.0 Å². The van der Waals surface area contributed by atoms with Gasteiger partial charge in [-0.3, -0.25) is 4.79 Å². The Hall–Kier alpha value is -2.21. The molecule has 0 bridgehead atoms. The average Bonchev–Trinajstić information content (AvgIpc) is 3.47. The third-order valence-electron chi connectivity index (χ3n) is 5.37. The number of rotatable bonds is 7. The van der Waals surface area contributed by atoms with Crippen LogP contribution in [0.1, 0.15) is 59.9 Å². The second-order valence-corrected chi connectivity index (χ2v) is 7.69. The van der Waals surface area contributed by atoms with Gasteiger partial charge in [0.1, 0.15) is 5.69 Å². The van der Waals surface area contributed by atoms with Gasteiger partial charge in [-0.05, 0) is 49.3 Å². The Balaban J connectivity index is 1.45. The highest BCUT2D eigenvalue weighted by atomic mass is 16.5. The highest BCUT2D eigenvalue weighted by Gasteiger charge is 2.25. The third-order valence-corrected chi connectivity index (χ3v) is 5.37. The lowest BCUT2D eigenvalue weighted by molar-refractivity contribution is 0.0741. The Morgan fingerprint density at radius 2 is 2.04 bits per heavy atom. The third kappa shape index (κ3) is 4.38. The van der Waals surface area contributed by atoms with E-state index in [0.29, 0.717) is 13.2 Å². The fraction of sp³-hybridized carbons (Fsp3) is 0.571. The Bertz CT molecular complexity index is 780. The molecule has 0 atom stereocenters. The van der Waals surface area contributed by atoms with Crippen LogP contribution in [0.5, 0.6) is 0 Å². The van der Waals surface area contributed by atoms with Crippen molar-refractivity contribution >= 4 is 5.91 Å². The van der Waals surface area contributed by atoms with Gasteiger partial charge in [0.05, 0.1) is 18.8 Å². The van der Waals surface area contributed by atoms with E-state index in [0.717, 1.165) is 61.8 Å². The molecule has 1 aliphatic heterocycles. The summed E-state index contributed by atoms with van der Waals surface area (Å²) >= 11 is 0. The highest BCUT2D eigenvalue weighted by Crippen LogP contribution is 2.29. The number of aryl methyl sites for hydroxylation is 2. The van der Waals surface area contributed by atoms with Crippen LogP contribution < -0.4 is 0 Å². The van der Waals surface area contributed by atoms with Gasteiger partial charge >= 0.3 is 0 Å². The summed E-state index contributed by atoms with van der Waals surface area (Å²) in [5.74, 6) is 0.811. The molecule has 0 spiro atoms. The molecule has 27 heavy (non-hydrogen) atoms. The van der Waals surface area contributed by atoms with Gasteiger partial charge in [-0.15, -0.1) is 5.10 Å². The first-order chi connectivity index (χ1) is 13.2. The van der Waals surface area contributed by atoms with Crippen molar-refractivity contribution in [3.05, 3.63) is 46.8 Å². The fourth-order valence-electron chi connectivity index (χ4n) is 3.57. The number of fused-ring (bicyclic) bond motifs is 1. The lowest BCUT2D eigenvalue weighted by Gasteiger charge is -2.20. The van der Waals surface area contributed by atoms with Crippen molar-refractivity contribution in [2.45, 2.75) is 58.7 Å². The molecular formula is C21H28N4O2. The molecule has 1 aromatic carbocycles. The number of benzene rings is 1. The van der Waals surface area contributed by atoms with Crippen LogP contribution in [0.25, 0.3) is 0 Å². The summed E-state index contributed by atoms with van der Waals surface area (Å²) in [5.41, 5.74) is 3.91. The normalized spacial score (nSPS) is 16.9. The van der Waals surface area contributed by atoms with E-state index in [9.17, 15) is 4.79 Å². The molecule has 0 N–H and O–H groups in total.